The summed E-state index contributed by atoms with van der Waals surface area (Å²) in [6.45, 7) is 4.19. The van der Waals surface area contributed by atoms with E-state index in [1.165, 1.54) is 16.0 Å². The average molecular weight is 261 g/mol. The van der Waals surface area contributed by atoms with Crippen LogP contribution < -0.4 is 11.5 Å². The molecule has 0 atom stereocenters. The van der Waals surface area contributed by atoms with Gasteiger partial charge in [0.25, 0.3) is 0 Å². The number of nitrogens with two attached hydrogens (primary N) is 2. The van der Waals surface area contributed by atoms with Crippen LogP contribution in [0.25, 0.3) is 0 Å². The lowest BCUT2D eigenvalue weighted by Crippen LogP contribution is -2.05. The quantitative estimate of drug-likeness (QED) is 0.821. The van der Waals surface area contributed by atoms with Crippen molar-refractivity contribution in [3.8, 4) is 0 Å². The first-order chi connectivity index (χ1) is 8.54. The van der Waals surface area contributed by atoms with Gasteiger partial charge in [0, 0.05) is 4.90 Å². The molecule has 0 saturated carbocycles. The number of rotatable bonds is 3. The lowest BCUT2D eigenvalue weighted by atomic mass is 10.1. The van der Waals surface area contributed by atoms with Gasteiger partial charge >= 0.3 is 0 Å². The molecule has 18 heavy (non-hydrogen) atoms. The summed E-state index contributed by atoms with van der Waals surface area (Å²) in [5.41, 5.74) is 13.6. The van der Waals surface area contributed by atoms with Gasteiger partial charge in [-0.2, -0.15) is 15.0 Å². The lowest BCUT2D eigenvalue weighted by molar-refractivity contribution is 0.987. The molecular weight excluding hydrogens is 246 g/mol. The van der Waals surface area contributed by atoms with Crippen molar-refractivity contribution in [1.29, 1.82) is 0 Å². The molecule has 94 valence electrons. The number of anilines is 2. The van der Waals surface area contributed by atoms with Gasteiger partial charge in [-0.15, -0.1) is 11.8 Å². The molecule has 4 N–H and O–H groups in total. The van der Waals surface area contributed by atoms with Gasteiger partial charge in [0.1, 0.15) is 5.82 Å². The number of aryl methyl sites for hydroxylation is 2. The van der Waals surface area contributed by atoms with Gasteiger partial charge in [0.05, 0.1) is 5.75 Å². The van der Waals surface area contributed by atoms with Crippen molar-refractivity contribution < 1.29 is 0 Å². The summed E-state index contributed by atoms with van der Waals surface area (Å²) < 4.78 is 0. The Labute approximate surface area is 110 Å². The van der Waals surface area contributed by atoms with Crippen molar-refractivity contribution >= 4 is 23.7 Å². The number of nitrogens with zero attached hydrogens (tertiary/aromatic N) is 3. The zero-order valence-corrected chi connectivity index (χ0v) is 11.2. The predicted octanol–water partition coefficient (Wildman–Crippen LogP) is 1.95. The highest BCUT2D eigenvalue weighted by Gasteiger charge is 2.03. The van der Waals surface area contributed by atoms with Crippen LogP contribution in [0.5, 0.6) is 0 Å². The van der Waals surface area contributed by atoms with Crippen LogP contribution in [0.1, 0.15) is 17.0 Å². The van der Waals surface area contributed by atoms with Crippen molar-refractivity contribution in [3.63, 3.8) is 0 Å². The number of hydrogen-bond donors (Lipinski definition) is 2. The van der Waals surface area contributed by atoms with Crippen molar-refractivity contribution in [2.24, 2.45) is 0 Å². The molecule has 0 unspecified atom stereocenters. The largest absolute Gasteiger partial charge is 0.368 e. The van der Waals surface area contributed by atoms with Crippen LogP contribution in [0.15, 0.2) is 23.1 Å². The van der Waals surface area contributed by atoms with Crippen LogP contribution >= 0.6 is 11.8 Å². The summed E-state index contributed by atoms with van der Waals surface area (Å²) in [5, 5.41) is 0. The Morgan fingerprint density at radius 1 is 1.00 bits per heavy atom. The van der Waals surface area contributed by atoms with E-state index in [0.29, 0.717) is 11.6 Å². The first kappa shape index (κ1) is 12.6. The number of thioether (sulfide) groups is 1. The average Bonchev–Trinajstić information content (AvgIpc) is 2.29. The highest BCUT2D eigenvalue weighted by atomic mass is 32.2. The SMILES string of the molecule is Cc1ccc(SCc2nc(N)nc(N)n2)cc1C. The van der Waals surface area contributed by atoms with Crippen LogP contribution in [0.2, 0.25) is 0 Å². The monoisotopic (exact) mass is 261 g/mol. The Hall–Kier alpha value is -1.82. The minimum absolute atomic E-state index is 0.165. The van der Waals surface area contributed by atoms with E-state index in [4.69, 9.17) is 11.5 Å². The van der Waals surface area contributed by atoms with Crippen LogP contribution in [-0.2, 0) is 5.75 Å². The number of hydrogen-bond acceptors (Lipinski definition) is 6. The number of nitrogen functional groups attached to an aromatic ring is 2. The van der Waals surface area contributed by atoms with Crippen LogP contribution in [-0.4, -0.2) is 15.0 Å². The summed E-state index contributed by atoms with van der Waals surface area (Å²) >= 11 is 1.65. The van der Waals surface area contributed by atoms with Gasteiger partial charge in [-0.3, -0.25) is 0 Å². The molecule has 1 aromatic heterocycles. The lowest BCUT2D eigenvalue weighted by Gasteiger charge is -2.05. The van der Waals surface area contributed by atoms with Gasteiger partial charge in [-0.1, -0.05) is 6.07 Å². The molecule has 0 radical (unpaired) electrons. The Bertz CT molecular complexity index is 550. The first-order valence-electron chi connectivity index (χ1n) is 5.50. The van der Waals surface area contributed by atoms with Crippen LogP contribution in [0.3, 0.4) is 0 Å². The third-order valence-corrected chi connectivity index (χ3v) is 3.55. The zero-order chi connectivity index (χ0) is 13.1. The minimum Gasteiger partial charge on any atom is -0.368 e. The van der Waals surface area contributed by atoms with E-state index in [9.17, 15) is 0 Å². The van der Waals surface area contributed by atoms with E-state index in [-0.39, 0.29) is 11.9 Å². The van der Waals surface area contributed by atoms with Crippen molar-refractivity contribution in [1.82, 2.24) is 15.0 Å². The summed E-state index contributed by atoms with van der Waals surface area (Å²) in [4.78, 5) is 13.0. The molecule has 2 aromatic rings. The molecule has 1 aromatic carbocycles. The molecule has 0 aliphatic carbocycles. The number of benzene rings is 1. The van der Waals surface area contributed by atoms with E-state index in [2.05, 4.69) is 47.0 Å². The Morgan fingerprint density at radius 3 is 2.28 bits per heavy atom. The topological polar surface area (TPSA) is 90.7 Å². The maximum Gasteiger partial charge on any atom is 0.225 e. The molecule has 0 aliphatic heterocycles. The highest BCUT2D eigenvalue weighted by Crippen LogP contribution is 2.23. The molecule has 6 heteroatoms. The molecule has 1 heterocycles. The molecule has 0 bridgehead atoms. The van der Waals surface area contributed by atoms with E-state index in [1.807, 2.05) is 0 Å². The smallest absolute Gasteiger partial charge is 0.225 e. The third kappa shape index (κ3) is 3.10. The summed E-state index contributed by atoms with van der Waals surface area (Å²) in [7, 11) is 0. The molecule has 0 fully saturated rings. The second kappa shape index (κ2) is 5.22. The highest BCUT2D eigenvalue weighted by molar-refractivity contribution is 7.98. The van der Waals surface area contributed by atoms with Gasteiger partial charge in [0.2, 0.25) is 11.9 Å². The molecule has 0 saturated heterocycles. The molecular formula is C12H15N5S. The Balaban J connectivity index is 2.08. The maximum absolute atomic E-state index is 5.52. The molecule has 0 amide bonds. The van der Waals surface area contributed by atoms with E-state index < -0.39 is 0 Å². The molecule has 2 rings (SSSR count). The van der Waals surface area contributed by atoms with Gasteiger partial charge in [-0.25, -0.2) is 0 Å². The Kier molecular flexibility index (Phi) is 3.66. The third-order valence-electron chi connectivity index (χ3n) is 2.56. The van der Waals surface area contributed by atoms with E-state index in [0.717, 1.165) is 0 Å². The van der Waals surface area contributed by atoms with Crippen LogP contribution in [0, 0.1) is 13.8 Å². The first-order valence-corrected chi connectivity index (χ1v) is 6.49. The normalized spacial score (nSPS) is 10.6. The van der Waals surface area contributed by atoms with Crippen molar-refractivity contribution in [2.45, 2.75) is 24.5 Å². The second-order valence-electron chi connectivity index (χ2n) is 4.00. The molecule has 0 spiro atoms. The van der Waals surface area contributed by atoms with Gasteiger partial charge in [-0.05, 0) is 37.1 Å². The zero-order valence-electron chi connectivity index (χ0n) is 10.3. The fourth-order valence-corrected chi connectivity index (χ4v) is 2.32. The van der Waals surface area contributed by atoms with E-state index >= 15 is 0 Å². The molecule has 0 aliphatic rings. The minimum atomic E-state index is 0.165. The number of aromatic nitrogens is 3. The summed E-state index contributed by atoms with van der Waals surface area (Å²) in [6, 6.07) is 6.34. The fraction of sp³-hybridized carbons (Fsp3) is 0.250. The maximum atomic E-state index is 5.52. The fourth-order valence-electron chi connectivity index (χ4n) is 1.47. The van der Waals surface area contributed by atoms with Gasteiger partial charge in [0.15, 0.2) is 0 Å². The predicted molar refractivity (Wildman–Crippen MR) is 74.1 cm³/mol. The standard InChI is InChI=1S/C12H15N5S/c1-7-3-4-9(5-8(7)2)18-6-10-15-11(13)17-12(14)16-10/h3-5H,6H2,1-2H3,(H4,13,14,15,16,17). The van der Waals surface area contributed by atoms with Crippen LogP contribution in [0.4, 0.5) is 11.9 Å². The summed E-state index contributed by atoms with van der Waals surface area (Å²) in [6.07, 6.45) is 0. The van der Waals surface area contributed by atoms with Gasteiger partial charge < -0.3 is 11.5 Å². The van der Waals surface area contributed by atoms with Crippen molar-refractivity contribution in [2.75, 3.05) is 11.5 Å². The van der Waals surface area contributed by atoms with E-state index in [1.54, 1.807) is 11.8 Å². The summed E-state index contributed by atoms with van der Waals surface area (Å²) in [5.74, 6) is 1.55. The van der Waals surface area contributed by atoms with Crippen molar-refractivity contribution in [3.05, 3.63) is 35.2 Å². The Morgan fingerprint density at radius 2 is 1.67 bits per heavy atom. The molecule has 5 nitrogen and oxygen atoms in total. The second-order valence-corrected chi connectivity index (χ2v) is 5.05.